The number of hydrogen-bond donors (Lipinski definition) is 0. The largest absolute Gasteiger partial charge is 0.469 e. The lowest BCUT2D eigenvalue weighted by Crippen LogP contribution is -2.43. The SMILES string of the molecule is COC(=O)[C@@H]1CON2C3CC4CC(CC(C4)[C@@H]12)C3. The summed E-state index contributed by atoms with van der Waals surface area (Å²) in [6, 6.07) is 0.846. The van der Waals surface area contributed by atoms with Gasteiger partial charge in [0.1, 0.15) is 5.92 Å². The molecule has 2 unspecified atom stereocenters. The molecule has 0 N–H and O–H groups in total. The maximum absolute atomic E-state index is 11.9. The van der Waals surface area contributed by atoms with Crippen LogP contribution >= 0.6 is 0 Å². The Morgan fingerprint density at radius 1 is 1.17 bits per heavy atom. The average molecular weight is 251 g/mol. The predicted molar refractivity (Wildman–Crippen MR) is 64.4 cm³/mol. The topological polar surface area (TPSA) is 38.8 Å². The molecule has 0 aromatic rings. The van der Waals surface area contributed by atoms with Crippen molar-refractivity contribution in [3.63, 3.8) is 0 Å². The van der Waals surface area contributed by atoms with Crippen molar-refractivity contribution in [3.8, 4) is 0 Å². The number of rotatable bonds is 1. The molecule has 100 valence electrons. The predicted octanol–water partition coefficient (Wildman–Crippen LogP) is 1.60. The fourth-order valence-corrected chi connectivity index (χ4v) is 5.13. The van der Waals surface area contributed by atoms with Crippen molar-refractivity contribution in [1.29, 1.82) is 0 Å². The highest BCUT2D eigenvalue weighted by Gasteiger charge is 2.55. The average Bonchev–Trinajstić information content (AvgIpc) is 2.74. The highest BCUT2D eigenvalue weighted by atomic mass is 16.7. The van der Waals surface area contributed by atoms with Gasteiger partial charge in [-0.25, -0.2) is 0 Å². The third-order valence-corrected chi connectivity index (χ3v) is 5.61. The van der Waals surface area contributed by atoms with Gasteiger partial charge in [-0.1, -0.05) is 0 Å². The molecule has 2 aliphatic carbocycles. The van der Waals surface area contributed by atoms with Gasteiger partial charge in [-0.2, -0.15) is 5.06 Å². The van der Waals surface area contributed by atoms with E-state index in [2.05, 4.69) is 5.06 Å². The van der Waals surface area contributed by atoms with Gasteiger partial charge < -0.3 is 4.74 Å². The number of hydroxylamine groups is 2. The zero-order chi connectivity index (χ0) is 12.3. The van der Waals surface area contributed by atoms with E-state index in [9.17, 15) is 4.79 Å². The molecule has 5 fully saturated rings. The maximum atomic E-state index is 11.9. The number of hydrogen-bond acceptors (Lipinski definition) is 4. The zero-order valence-electron chi connectivity index (χ0n) is 10.9. The molecule has 0 amide bonds. The third-order valence-electron chi connectivity index (χ3n) is 5.61. The summed E-state index contributed by atoms with van der Waals surface area (Å²) in [4.78, 5) is 17.8. The number of ether oxygens (including phenoxy) is 1. The third kappa shape index (κ3) is 1.48. The number of carbonyl (C=O) groups is 1. The maximum Gasteiger partial charge on any atom is 0.312 e. The number of carbonyl (C=O) groups excluding carboxylic acids is 1. The van der Waals surface area contributed by atoms with Crippen molar-refractivity contribution in [2.75, 3.05) is 13.7 Å². The molecule has 18 heavy (non-hydrogen) atoms. The lowest BCUT2D eigenvalue weighted by Gasteiger charge is -2.38. The Hall–Kier alpha value is -0.610. The van der Waals surface area contributed by atoms with Crippen LogP contribution in [0.15, 0.2) is 0 Å². The highest BCUT2D eigenvalue weighted by molar-refractivity contribution is 5.73. The lowest BCUT2D eigenvalue weighted by atomic mass is 9.66. The smallest absolute Gasteiger partial charge is 0.312 e. The van der Waals surface area contributed by atoms with Gasteiger partial charge in [0.05, 0.1) is 19.8 Å². The van der Waals surface area contributed by atoms with Gasteiger partial charge >= 0.3 is 5.97 Å². The van der Waals surface area contributed by atoms with Gasteiger partial charge in [0, 0.05) is 6.04 Å². The minimum Gasteiger partial charge on any atom is -0.469 e. The first-order valence-corrected chi connectivity index (χ1v) is 7.25. The van der Waals surface area contributed by atoms with E-state index >= 15 is 0 Å². The molecule has 3 saturated heterocycles. The number of nitrogens with zero attached hydrogens (tertiary/aromatic N) is 1. The minimum absolute atomic E-state index is 0.0573. The summed E-state index contributed by atoms with van der Waals surface area (Å²) < 4.78 is 4.96. The first-order valence-electron chi connectivity index (χ1n) is 7.25. The second-order valence-corrected chi connectivity index (χ2v) is 6.60. The van der Waals surface area contributed by atoms with Gasteiger partial charge in [0.2, 0.25) is 0 Å². The second-order valence-electron chi connectivity index (χ2n) is 6.60. The van der Waals surface area contributed by atoms with Gasteiger partial charge in [-0.15, -0.1) is 0 Å². The normalized spacial score (nSPS) is 50.1. The molecule has 4 nitrogen and oxygen atoms in total. The van der Waals surface area contributed by atoms with E-state index in [1.165, 1.54) is 39.2 Å². The highest BCUT2D eigenvalue weighted by Crippen LogP contribution is 2.52. The van der Waals surface area contributed by atoms with E-state index < -0.39 is 0 Å². The van der Waals surface area contributed by atoms with E-state index in [-0.39, 0.29) is 17.9 Å². The van der Waals surface area contributed by atoms with E-state index in [4.69, 9.17) is 9.57 Å². The Morgan fingerprint density at radius 2 is 1.89 bits per heavy atom. The first-order chi connectivity index (χ1) is 8.76. The molecule has 4 bridgehead atoms. The monoisotopic (exact) mass is 251 g/mol. The van der Waals surface area contributed by atoms with Crippen LogP contribution in [-0.4, -0.2) is 36.8 Å². The van der Waals surface area contributed by atoms with E-state index in [0.29, 0.717) is 18.6 Å². The quantitative estimate of drug-likeness (QED) is 0.664. The van der Waals surface area contributed by atoms with E-state index in [1.807, 2.05) is 0 Å². The van der Waals surface area contributed by atoms with Crippen molar-refractivity contribution in [2.45, 2.75) is 44.2 Å². The minimum atomic E-state index is -0.0799. The van der Waals surface area contributed by atoms with Crippen LogP contribution in [0.5, 0.6) is 0 Å². The lowest BCUT2D eigenvalue weighted by molar-refractivity contribution is -0.167. The molecule has 4 atom stereocenters. The Labute approximate surface area is 108 Å². The van der Waals surface area contributed by atoms with Crippen LogP contribution in [-0.2, 0) is 14.4 Å². The van der Waals surface area contributed by atoms with Crippen LogP contribution < -0.4 is 0 Å². The summed E-state index contributed by atoms with van der Waals surface area (Å²) in [5, 5.41) is 2.20. The van der Waals surface area contributed by atoms with Crippen molar-refractivity contribution < 1.29 is 14.4 Å². The Morgan fingerprint density at radius 3 is 2.56 bits per heavy atom. The molecular weight excluding hydrogens is 230 g/mol. The van der Waals surface area contributed by atoms with E-state index in [0.717, 1.165) is 11.8 Å². The van der Waals surface area contributed by atoms with Gasteiger partial charge in [0.15, 0.2) is 0 Å². The van der Waals surface area contributed by atoms with Gasteiger partial charge in [0.25, 0.3) is 0 Å². The van der Waals surface area contributed by atoms with Crippen LogP contribution in [0, 0.1) is 23.7 Å². The van der Waals surface area contributed by atoms with E-state index in [1.54, 1.807) is 0 Å². The summed E-state index contributed by atoms with van der Waals surface area (Å²) in [7, 11) is 1.49. The van der Waals surface area contributed by atoms with Crippen LogP contribution in [0.4, 0.5) is 0 Å². The van der Waals surface area contributed by atoms with Crippen molar-refractivity contribution >= 4 is 5.97 Å². The fourth-order valence-electron chi connectivity index (χ4n) is 5.13. The molecule has 0 aromatic heterocycles. The molecule has 3 heterocycles. The van der Waals surface area contributed by atoms with Crippen molar-refractivity contribution in [2.24, 2.45) is 23.7 Å². The molecular formula is C14H21NO3. The summed E-state index contributed by atoms with van der Waals surface area (Å²) in [5.74, 6) is 2.26. The molecule has 2 saturated carbocycles. The molecule has 0 aromatic carbocycles. The van der Waals surface area contributed by atoms with Crippen molar-refractivity contribution in [1.82, 2.24) is 5.06 Å². The summed E-state index contributed by atoms with van der Waals surface area (Å²) in [6.45, 7) is 0.527. The first kappa shape index (κ1) is 11.2. The summed E-state index contributed by atoms with van der Waals surface area (Å²) >= 11 is 0. The van der Waals surface area contributed by atoms with Crippen molar-refractivity contribution in [3.05, 3.63) is 0 Å². The molecule has 0 spiro atoms. The summed E-state index contributed by atoms with van der Waals surface area (Å²) in [6.07, 6.45) is 6.56. The summed E-state index contributed by atoms with van der Waals surface area (Å²) in [5.41, 5.74) is 0. The molecule has 0 radical (unpaired) electrons. The van der Waals surface area contributed by atoms with Crippen LogP contribution in [0.2, 0.25) is 0 Å². The Bertz CT molecular complexity index is 358. The number of esters is 1. The standard InChI is InChI=1S/C14H21NO3/c1-17-14(16)12-7-18-15-11-5-8-2-9(6-11)4-10(3-8)13(12)15/h8-13H,2-7H2,1H3/t8?,9?,10?,11?,12-,13+/m1/s1. The van der Waals surface area contributed by atoms with Gasteiger partial charge in [-0.05, 0) is 49.9 Å². The number of methoxy groups -OCH3 is 1. The molecule has 4 heteroatoms. The van der Waals surface area contributed by atoms with Crippen LogP contribution in [0.25, 0.3) is 0 Å². The van der Waals surface area contributed by atoms with Crippen LogP contribution in [0.3, 0.4) is 0 Å². The van der Waals surface area contributed by atoms with Gasteiger partial charge in [-0.3, -0.25) is 9.63 Å². The fraction of sp³-hybridized carbons (Fsp3) is 0.929. The Kier molecular flexibility index (Phi) is 2.46. The van der Waals surface area contributed by atoms with Crippen LogP contribution in [0.1, 0.15) is 32.1 Å². The second kappa shape index (κ2) is 3.94. The molecule has 5 aliphatic rings. The molecule has 3 aliphatic heterocycles. The molecule has 5 rings (SSSR count). The Balaban J connectivity index is 1.67. The zero-order valence-corrected chi connectivity index (χ0v) is 10.9.